The number of H-pyrrole nitrogens is 1. The van der Waals surface area contributed by atoms with E-state index in [1.54, 1.807) is 11.8 Å². The maximum Gasteiger partial charge on any atom is 0.166 e. The second-order valence-electron chi connectivity index (χ2n) is 4.86. The van der Waals surface area contributed by atoms with E-state index in [0.717, 1.165) is 16.2 Å². The van der Waals surface area contributed by atoms with Crippen LogP contribution in [0.3, 0.4) is 0 Å². The van der Waals surface area contributed by atoms with Gasteiger partial charge in [-0.1, -0.05) is 37.7 Å². The Labute approximate surface area is 106 Å². The number of hydrogen-bond donors (Lipinski definition) is 2. The average molecular weight is 250 g/mol. The number of fused-ring (bicyclic) bond motifs is 1. The fourth-order valence-corrected chi connectivity index (χ4v) is 2.49. The minimum Gasteiger partial charge on any atom is -0.389 e. The van der Waals surface area contributed by atoms with Crippen molar-refractivity contribution in [2.24, 2.45) is 5.92 Å². The molecule has 0 amide bonds. The monoisotopic (exact) mass is 250 g/mol. The number of hydrogen-bond acceptors (Lipinski definition) is 3. The van der Waals surface area contributed by atoms with E-state index in [-0.39, 0.29) is 5.92 Å². The molecule has 2 N–H and O–H groups in total. The van der Waals surface area contributed by atoms with Gasteiger partial charge in [0.2, 0.25) is 0 Å². The van der Waals surface area contributed by atoms with Gasteiger partial charge in [-0.05, 0) is 25.0 Å². The highest BCUT2D eigenvalue weighted by Crippen LogP contribution is 2.26. The second kappa shape index (κ2) is 4.70. The highest BCUT2D eigenvalue weighted by atomic mass is 32.2. The van der Waals surface area contributed by atoms with Gasteiger partial charge in [0.1, 0.15) is 0 Å². The van der Waals surface area contributed by atoms with Crippen LogP contribution in [0.1, 0.15) is 20.8 Å². The molecule has 0 spiro atoms. The van der Waals surface area contributed by atoms with E-state index >= 15 is 0 Å². The number of para-hydroxylation sites is 2. The Morgan fingerprint density at radius 3 is 2.76 bits per heavy atom. The van der Waals surface area contributed by atoms with Crippen LogP contribution < -0.4 is 0 Å². The molecule has 0 aliphatic heterocycles. The predicted molar refractivity (Wildman–Crippen MR) is 72.3 cm³/mol. The topological polar surface area (TPSA) is 48.9 Å². The third-order valence-electron chi connectivity index (χ3n) is 3.11. The fourth-order valence-electron chi connectivity index (χ4n) is 1.38. The van der Waals surface area contributed by atoms with Gasteiger partial charge in [0.25, 0.3) is 0 Å². The van der Waals surface area contributed by atoms with Crippen LogP contribution in [0.2, 0.25) is 0 Å². The zero-order chi connectivity index (χ0) is 12.5. The van der Waals surface area contributed by atoms with Crippen LogP contribution in [0.5, 0.6) is 0 Å². The molecule has 1 aromatic heterocycles. The standard InChI is InChI=1S/C13H18N2OS/c1-9(2)13(3,16)8-17-12-14-10-6-4-5-7-11(10)15-12/h4-7,9,16H,8H2,1-3H3,(H,14,15). The number of aromatic nitrogens is 2. The van der Waals surface area contributed by atoms with Crippen molar-refractivity contribution in [2.45, 2.75) is 31.5 Å². The molecule has 0 saturated heterocycles. The molecule has 2 rings (SSSR count). The summed E-state index contributed by atoms with van der Waals surface area (Å²) in [6.45, 7) is 5.92. The molecule has 4 heteroatoms. The number of benzene rings is 1. The summed E-state index contributed by atoms with van der Waals surface area (Å²) in [6.07, 6.45) is 0. The molecular formula is C13H18N2OS. The Balaban J connectivity index is 2.09. The zero-order valence-electron chi connectivity index (χ0n) is 10.4. The van der Waals surface area contributed by atoms with Crippen LogP contribution in [0.15, 0.2) is 29.4 Å². The molecule has 1 unspecified atom stereocenters. The first-order valence-electron chi connectivity index (χ1n) is 5.79. The molecule has 1 aromatic carbocycles. The molecule has 0 aliphatic rings. The van der Waals surface area contributed by atoms with Gasteiger partial charge in [-0.2, -0.15) is 0 Å². The molecule has 17 heavy (non-hydrogen) atoms. The molecule has 92 valence electrons. The smallest absolute Gasteiger partial charge is 0.166 e. The SMILES string of the molecule is CC(C)C(C)(O)CSc1nc2ccccc2[nH]1. The van der Waals surface area contributed by atoms with Crippen molar-refractivity contribution in [3.8, 4) is 0 Å². The highest BCUT2D eigenvalue weighted by Gasteiger charge is 2.25. The van der Waals surface area contributed by atoms with Crippen LogP contribution in [0.4, 0.5) is 0 Å². The molecule has 0 bridgehead atoms. The Morgan fingerprint density at radius 1 is 1.41 bits per heavy atom. The van der Waals surface area contributed by atoms with Gasteiger partial charge >= 0.3 is 0 Å². The summed E-state index contributed by atoms with van der Waals surface area (Å²) in [5.41, 5.74) is 1.35. The van der Waals surface area contributed by atoms with Gasteiger partial charge in [-0.3, -0.25) is 0 Å². The Morgan fingerprint density at radius 2 is 2.12 bits per heavy atom. The molecule has 0 saturated carbocycles. The van der Waals surface area contributed by atoms with E-state index in [2.05, 4.69) is 9.97 Å². The molecule has 2 aromatic rings. The molecule has 0 fully saturated rings. The third-order valence-corrected chi connectivity index (χ3v) is 4.31. The predicted octanol–water partition coefficient (Wildman–Crippen LogP) is 3.06. The number of rotatable bonds is 4. The van der Waals surface area contributed by atoms with Crippen molar-refractivity contribution in [2.75, 3.05) is 5.75 Å². The van der Waals surface area contributed by atoms with Crippen molar-refractivity contribution < 1.29 is 5.11 Å². The van der Waals surface area contributed by atoms with Crippen molar-refractivity contribution in [1.82, 2.24) is 9.97 Å². The van der Waals surface area contributed by atoms with Gasteiger partial charge in [0, 0.05) is 5.75 Å². The van der Waals surface area contributed by atoms with Crippen molar-refractivity contribution in [3.63, 3.8) is 0 Å². The van der Waals surface area contributed by atoms with Crippen LogP contribution in [0, 0.1) is 5.92 Å². The largest absolute Gasteiger partial charge is 0.389 e. The lowest BCUT2D eigenvalue weighted by atomic mass is 9.95. The first-order chi connectivity index (χ1) is 7.99. The first-order valence-corrected chi connectivity index (χ1v) is 6.77. The average Bonchev–Trinajstić information content (AvgIpc) is 2.69. The van der Waals surface area contributed by atoms with E-state index in [0.29, 0.717) is 5.75 Å². The summed E-state index contributed by atoms with van der Waals surface area (Å²) < 4.78 is 0. The lowest BCUT2D eigenvalue weighted by Crippen LogP contribution is -2.33. The summed E-state index contributed by atoms with van der Waals surface area (Å²) >= 11 is 1.56. The number of aliphatic hydroxyl groups is 1. The Kier molecular flexibility index (Phi) is 3.45. The lowest BCUT2D eigenvalue weighted by Gasteiger charge is -2.26. The van der Waals surface area contributed by atoms with Crippen LogP contribution in [-0.4, -0.2) is 26.4 Å². The van der Waals surface area contributed by atoms with Gasteiger partial charge in [-0.15, -0.1) is 0 Å². The zero-order valence-corrected chi connectivity index (χ0v) is 11.2. The molecule has 1 heterocycles. The number of aromatic amines is 1. The van der Waals surface area contributed by atoms with E-state index in [1.165, 1.54) is 0 Å². The highest BCUT2D eigenvalue weighted by molar-refractivity contribution is 7.99. The first kappa shape index (κ1) is 12.5. The normalized spacial score (nSPS) is 15.4. The summed E-state index contributed by atoms with van der Waals surface area (Å²) in [5.74, 6) is 0.879. The molecular weight excluding hydrogens is 232 g/mol. The lowest BCUT2D eigenvalue weighted by molar-refractivity contribution is 0.0376. The van der Waals surface area contributed by atoms with Crippen molar-refractivity contribution >= 4 is 22.8 Å². The van der Waals surface area contributed by atoms with Gasteiger partial charge in [-0.25, -0.2) is 4.98 Å². The summed E-state index contributed by atoms with van der Waals surface area (Å²) in [6, 6.07) is 7.95. The number of nitrogens with one attached hydrogen (secondary N) is 1. The Hall–Kier alpha value is -1.00. The van der Waals surface area contributed by atoms with Gasteiger partial charge in [0.05, 0.1) is 16.6 Å². The summed E-state index contributed by atoms with van der Waals surface area (Å²) in [7, 11) is 0. The summed E-state index contributed by atoms with van der Waals surface area (Å²) in [5, 5.41) is 11.0. The number of nitrogens with zero attached hydrogens (tertiary/aromatic N) is 1. The van der Waals surface area contributed by atoms with E-state index in [9.17, 15) is 5.11 Å². The molecule has 1 atom stereocenters. The minimum absolute atomic E-state index is 0.236. The molecule has 0 radical (unpaired) electrons. The number of imidazole rings is 1. The molecule has 0 aliphatic carbocycles. The van der Waals surface area contributed by atoms with E-state index < -0.39 is 5.60 Å². The second-order valence-corrected chi connectivity index (χ2v) is 5.82. The quantitative estimate of drug-likeness (QED) is 0.820. The van der Waals surface area contributed by atoms with Gasteiger partial charge < -0.3 is 10.1 Å². The van der Waals surface area contributed by atoms with E-state index in [1.807, 2.05) is 45.0 Å². The minimum atomic E-state index is -0.663. The maximum absolute atomic E-state index is 10.2. The van der Waals surface area contributed by atoms with E-state index in [4.69, 9.17) is 0 Å². The summed E-state index contributed by atoms with van der Waals surface area (Å²) in [4.78, 5) is 7.72. The van der Waals surface area contributed by atoms with Crippen LogP contribution in [0.25, 0.3) is 11.0 Å². The van der Waals surface area contributed by atoms with Crippen molar-refractivity contribution in [1.29, 1.82) is 0 Å². The maximum atomic E-state index is 10.2. The van der Waals surface area contributed by atoms with Crippen LogP contribution in [-0.2, 0) is 0 Å². The Bertz CT molecular complexity index is 472. The third kappa shape index (κ3) is 2.82. The van der Waals surface area contributed by atoms with Crippen molar-refractivity contribution in [3.05, 3.63) is 24.3 Å². The molecule has 3 nitrogen and oxygen atoms in total. The van der Waals surface area contributed by atoms with Crippen LogP contribution >= 0.6 is 11.8 Å². The number of thioether (sulfide) groups is 1. The fraction of sp³-hybridized carbons (Fsp3) is 0.462. The van der Waals surface area contributed by atoms with Gasteiger partial charge in [0.15, 0.2) is 5.16 Å².